The van der Waals surface area contributed by atoms with E-state index in [0.717, 1.165) is 56.0 Å². The first-order valence-corrected chi connectivity index (χ1v) is 10.1. The van der Waals surface area contributed by atoms with Crippen LogP contribution in [0.5, 0.6) is 0 Å². The largest absolute Gasteiger partial charge is 0.444 e. The molecule has 162 valence electrons. The quantitative estimate of drug-likeness (QED) is 0.320. The lowest BCUT2D eigenvalue weighted by Gasteiger charge is -2.31. The van der Waals surface area contributed by atoms with Crippen molar-refractivity contribution in [2.45, 2.75) is 59.6 Å². The maximum Gasteiger partial charge on any atom is 0.208 e. The third kappa shape index (κ3) is 8.24. The maximum atomic E-state index is 5.71. The van der Waals surface area contributed by atoms with Gasteiger partial charge >= 0.3 is 0 Å². The van der Waals surface area contributed by atoms with Crippen molar-refractivity contribution in [1.29, 1.82) is 0 Å². The van der Waals surface area contributed by atoms with E-state index in [0.29, 0.717) is 12.5 Å². The van der Waals surface area contributed by atoms with E-state index in [1.165, 1.54) is 12.8 Å². The summed E-state index contributed by atoms with van der Waals surface area (Å²) in [4.78, 5) is 11.6. The average Bonchev–Trinajstić information content (AvgIpc) is 2.96. The number of guanidine groups is 1. The molecule has 1 aliphatic heterocycles. The molecule has 0 radical (unpaired) electrons. The van der Waals surface area contributed by atoms with Crippen molar-refractivity contribution in [3.8, 4) is 0 Å². The van der Waals surface area contributed by atoms with Crippen LogP contribution in [0.15, 0.2) is 9.41 Å². The van der Waals surface area contributed by atoms with Gasteiger partial charge in [0.05, 0.1) is 24.4 Å². The molecule has 1 saturated heterocycles. The summed E-state index contributed by atoms with van der Waals surface area (Å²) < 4.78 is 11.2. The fraction of sp³-hybridized carbons (Fsp3) is 0.800. The Bertz CT molecular complexity index is 590. The number of hydrogen-bond donors (Lipinski definition) is 2. The van der Waals surface area contributed by atoms with E-state index in [2.05, 4.69) is 32.4 Å². The second-order valence-electron chi connectivity index (χ2n) is 8.01. The van der Waals surface area contributed by atoms with E-state index in [9.17, 15) is 0 Å². The summed E-state index contributed by atoms with van der Waals surface area (Å²) >= 11 is 0. The fourth-order valence-electron chi connectivity index (χ4n) is 3.06. The second-order valence-corrected chi connectivity index (χ2v) is 8.01. The van der Waals surface area contributed by atoms with Crippen molar-refractivity contribution >= 4 is 29.9 Å². The van der Waals surface area contributed by atoms with E-state index >= 15 is 0 Å². The Morgan fingerprint density at radius 2 is 1.96 bits per heavy atom. The summed E-state index contributed by atoms with van der Waals surface area (Å²) in [6, 6.07) is 0. The van der Waals surface area contributed by atoms with E-state index in [1.54, 1.807) is 7.11 Å². The molecule has 7 nitrogen and oxygen atoms in total. The number of halogens is 1. The molecular formula is C20H38IN5O2. The summed E-state index contributed by atoms with van der Waals surface area (Å²) in [7, 11) is 1.73. The van der Waals surface area contributed by atoms with Crippen LogP contribution in [0.1, 0.15) is 51.0 Å². The Morgan fingerprint density at radius 1 is 1.29 bits per heavy atom. The first kappa shape index (κ1) is 25.2. The van der Waals surface area contributed by atoms with Crippen molar-refractivity contribution < 1.29 is 9.15 Å². The first-order valence-electron chi connectivity index (χ1n) is 10.1. The normalized spacial score (nSPS) is 16.7. The number of oxazole rings is 1. The van der Waals surface area contributed by atoms with Crippen LogP contribution in [0.2, 0.25) is 0 Å². The second kappa shape index (κ2) is 12.0. The fourth-order valence-corrected chi connectivity index (χ4v) is 3.06. The number of nitrogens with one attached hydrogen (secondary N) is 2. The Kier molecular flexibility index (Phi) is 10.8. The molecule has 0 aliphatic carbocycles. The summed E-state index contributed by atoms with van der Waals surface area (Å²) in [6.07, 6.45) is 2.35. The zero-order valence-corrected chi connectivity index (χ0v) is 20.6. The molecule has 0 amide bonds. The molecule has 1 aromatic rings. The van der Waals surface area contributed by atoms with Crippen LogP contribution in [0, 0.1) is 19.8 Å². The minimum absolute atomic E-state index is 0. The molecule has 8 heteroatoms. The first-order chi connectivity index (χ1) is 12.8. The number of likely N-dealkylation sites (tertiary alicyclic amines) is 1. The number of rotatable bonds is 8. The standard InChI is InChI=1S/C20H37N5O2.HI/c1-7-21-19(23-14-20(4,5)26-6)22-12-17-8-10-25(11-9-17)13-18-24-15(2)16(3)27-18;/h17H,7-14H2,1-6H3,(H2,21,22,23);1H. The summed E-state index contributed by atoms with van der Waals surface area (Å²) in [6.45, 7) is 15.6. The van der Waals surface area contributed by atoms with Crippen LogP contribution in [0.3, 0.4) is 0 Å². The Labute approximate surface area is 187 Å². The van der Waals surface area contributed by atoms with Crippen molar-refractivity contribution in [2.75, 3.05) is 39.8 Å². The highest BCUT2D eigenvalue weighted by Crippen LogP contribution is 2.19. The van der Waals surface area contributed by atoms with Gasteiger partial charge in [-0.2, -0.15) is 0 Å². The molecule has 1 aromatic heterocycles. The van der Waals surface area contributed by atoms with Gasteiger partial charge < -0.3 is 19.8 Å². The molecule has 1 aliphatic rings. The molecule has 0 saturated carbocycles. The van der Waals surface area contributed by atoms with Gasteiger partial charge in [-0.3, -0.25) is 9.89 Å². The topological polar surface area (TPSA) is 74.9 Å². The number of nitrogens with zero attached hydrogens (tertiary/aromatic N) is 3. The highest BCUT2D eigenvalue weighted by Gasteiger charge is 2.21. The summed E-state index contributed by atoms with van der Waals surface area (Å²) in [5.74, 6) is 3.30. The minimum atomic E-state index is -0.246. The highest BCUT2D eigenvalue weighted by molar-refractivity contribution is 14.0. The minimum Gasteiger partial charge on any atom is -0.444 e. The van der Waals surface area contributed by atoms with Crippen molar-refractivity contribution in [3.63, 3.8) is 0 Å². The Hall–Kier alpha value is -0.870. The van der Waals surface area contributed by atoms with E-state index < -0.39 is 0 Å². The van der Waals surface area contributed by atoms with Gasteiger partial charge in [0.25, 0.3) is 0 Å². The lowest BCUT2D eigenvalue weighted by Crippen LogP contribution is -2.43. The Morgan fingerprint density at radius 3 is 2.50 bits per heavy atom. The van der Waals surface area contributed by atoms with Gasteiger partial charge in [-0.05, 0) is 66.5 Å². The lowest BCUT2D eigenvalue weighted by atomic mass is 9.97. The predicted octanol–water partition coefficient (Wildman–Crippen LogP) is 3.10. The SMILES string of the molecule is CCNC(=NCC(C)(C)OC)NCC1CCN(Cc2nc(C)c(C)o2)CC1.I. The van der Waals surface area contributed by atoms with Gasteiger partial charge in [-0.1, -0.05) is 0 Å². The van der Waals surface area contributed by atoms with Crippen molar-refractivity contribution in [2.24, 2.45) is 10.9 Å². The molecule has 2 rings (SSSR count). The average molecular weight is 507 g/mol. The predicted molar refractivity (Wildman–Crippen MR) is 124 cm³/mol. The van der Waals surface area contributed by atoms with Crippen LogP contribution in [0.4, 0.5) is 0 Å². The van der Waals surface area contributed by atoms with Crippen LogP contribution in [-0.2, 0) is 11.3 Å². The monoisotopic (exact) mass is 507 g/mol. The smallest absolute Gasteiger partial charge is 0.208 e. The number of aliphatic imine (C=N–C) groups is 1. The highest BCUT2D eigenvalue weighted by atomic mass is 127. The molecule has 0 aromatic carbocycles. The third-order valence-corrected chi connectivity index (χ3v) is 5.21. The van der Waals surface area contributed by atoms with Gasteiger partial charge in [0.1, 0.15) is 5.76 Å². The lowest BCUT2D eigenvalue weighted by molar-refractivity contribution is 0.0310. The molecule has 1 fully saturated rings. The summed E-state index contributed by atoms with van der Waals surface area (Å²) in [5, 5.41) is 6.82. The molecule has 0 spiro atoms. The van der Waals surface area contributed by atoms with Gasteiger partial charge in [0.2, 0.25) is 5.89 Å². The zero-order valence-electron chi connectivity index (χ0n) is 18.3. The molecule has 0 bridgehead atoms. The number of ether oxygens (including phenoxy) is 1. The van der Waals surface area contributed by atoms with E-state index in [1.807, 2.05) is 27.7 Å². The Balaban J connectivity index is 0.00000392. The van der Waals surface area contributed by atoms with E-state index in [-0.39, 0.29) is 29.6 Å². The van der Waals surface area contributed by atoms with Crippen LogP contribution in [-0.4, -0.2) is 61.3 Å². The van der Waals surface area contributed by atoms with Crippen LogP contribution >= 0.6 is 24.0 Å². The summed E-state index contributed by atoms with van der Waals surface area (Å²) in [5.41, 5.74) is 0.751. The molecule has 28 heavy (non-hydrogen) atoms. The van der Waals surface area contributed by atoms with Gasteiger partial charge in [0, 0.05) is 20.2 Å². The number of aryl methyl sites for hydroxylation is 2. The number of methoxy groups -OCH3 is 1. The molecular weight excluding hydrogens is 469 g/mol. The number of aromatic nitrogens is 1. The zero-order chi connectivity index (χ0) is 19.9. The van der Waals surface area contributed by atoms with Gasteiger partial charge in [-0.15, -0.1) is 24.0 Å². The molecule has 0 unspecified atom stereocenters. The van der Waals surface area contributed by atoms with Crippen molar-refractivity contribution in [3.05, 3.63) is 17.3 Å². The van der Waals surface area contributed by atoms with Crippen LogP contribution in [0.25, 0.3) is 0 Å². The maximum absolute atomic E-state index is 5.71. The van der Waals surface area contributed by atoms with Gasteiger partial charge in [0.15, 0.2) is 5.96 Å². The molecule has 2 heterocycles. The van der Waals surface area contributed by atoms with E-state index in [4.69, 9.17) is 9.15 Å². The van der Waals surface area contributed by atoms with Gasteiger partial charge in [-0.25, -0.2) is 4.98 Å². The number of hydrogen-bond acceptors (Lipinski definition) is 5. The molecule has 0 atom stereocenters. The van der Waals surface area contributed by atoms with Crippen LogP contribution < -0.4 is 10.6 Å². The number of piperidine rings is 1. The molecule has 2 N–H and O–H groups in total. The third-order valence-electron chi connectivity index (χ3n) is 5.21. The van der Waals surface area contributed by atoms with Crippen molar-refractivity contribution in [1.82, 2.24) is 20.5 Å².